The Bertz CT molecular complexity index is 1200. The number of hydrogen-bond acceptors (Lipinski definition) is 4. The predicted molar refractivity (Wildman–Crippen MR) is 118 cm³/mol. The summed E-state index contributed by atoms with van der Waals surface area (Å²) in [7, 11) is 0. The number of amides is 1. The van der Waals surface area contributed by atoms with Gasteiger partial charge in [0.05, 0.1) is 5.69 Å². The summed E-state index contributed by atoms with van der Waals surface area (Å²) >= 11 is 7.34. The predicted octanol–water partition coefficient (Wildman–Crippen LogP) is 6.43. The molecule has 4 aromatic rings. The Morgan fingerprint density at radius 1 is 1.07 bits per heavy atom. The van der Waals surface area contributed by atoms with E-state index in [1.165, 1.54) is 23.5 Å². The van der Waals surface area contributed by atoms with Crippen LogP contribution in [0.15, 0.2) is 78.2 Å². The maximum Gasteiger partial charge on any atom is 0.275 e. The van der Waals surface area contributed by atoms with Gasteiger partial charge in [0, 0.05) is 16.0 Å². The number of nitrogens with one attached hydrogen (secondary N) is 1. The molecule has 1 N–H and O–H groups in total. The van der Waals surface area contributed by atoms with Crippen LogP contribution in [0.5, 0.6) is 5.75 Å². The minimum absolute atomic E-state index is 0.119. The normalized spacial score (nSPS) is 10.6. The maximum atomic E-state index is 13.7. The van der Waals surface area contributed by atoms with E-state index in [2.05, 4.69) is 10.3 Å². The number of anilines is 1. The number of carbonyl (C=O) groups excluding carboxylic acids is 1. The Labute approximate surface area is 181 Å². The van der Waals surface area contributed by atoms with Gasteiger partial charge in [-0.1, -0.05) is 48.0 Å². The average molecular weight is 439 g/mol. The third-order valence-electron chi connectivity index (χ3n) is 4.23. The fourth-order valence-corrected chi connectivity index (χ4v) is 3.78. The standard InChI is InChI=1S/C23H16ClFN2O2S/c24-17-7-3-5-15(11-17)13-29-18-8-4-6-16(12-18)23-27-21(14-30-23)22(28)26-20-10-2-1-9-19(20)25/h1-12,14H,13H2,(H,26,28). The second kappa shape index (κ2) is 9.07. The first-order chi connectivity index (χ1) is 14.6. The Balaban J connectivity index is 1.46. The highest BCUT2D eigenvalue weighted by atomic mass is 35.5. The second-order valence-electron chi connectivity index (χ2n) is 6.42. The van der Waals surface area contributed by atoms with Crippen LogP contribution >= 0.6 is 22.9 Å². The molecule has 0 saturated heterocycles. The van der Waals surface area contributed by atoms with Crippen LogP contribution in [0.25, 0.3) is 10.6 Å². The number of nitrogens with zero attached hydrogens (tertiary/aromatic N) is 1. The molecule has 0 spiro atoms. The number of halogens is 2. The van der Waals surface area contributed by atoms with Gasteiger partial charge in [-0.3, -0.25) is 4.79 Å². The number of rotatable bonds is 6. The van der Waals surface area contributed by atoms with Gasteiger partial charge in [-0.05, 0) is 42.0 Å². The molecule has 150 valence electrons. The summed E-state index contributed by atoms with van der Waals surface area (Å²) in [5.74, 6) is -0.276. The van der Waals surface area contributed by atoms with Crippen molar-refractivity contribution in [1.29, 1.82) is 0 Å². The molecule has 1 heterocycles. The van der Waals surface area contributed by atoms with Crippen LogP contribution < -0.4 is 10.1 Å². The van der Waals surface area contributed by atoms with Crippen LogP contribution in [0, 0.1) is 5.82 Å². The van der Waals surface area contributed by atoms with Crippen molar-refractivity contribution in [2.24, 2.45) is 0 Å². The lowest BCUT2D eigenvalue weighted by Gasteiger charge is -2.08. The summed E-state index contributed by atoms with van der Waals surface area (Å²) in [6.07, 6.45) is 0. The van der Waals surface area contributed by atoms with Crippen LogP contribution in [0.3, 0.4) is 0 Å². The molecule has 0 aliphatic rings. The van der Waals surface area contributed by atoms with Crippen LogP contribution in [-0.4, -0.2) is 10.9 Å². The van der Waals surface area contributed by atoms with Gasteiger partial charge >= 0.3 is 0 Å². The van der Waals surface area contributed by atoms with Crippen LogP contribution in [0.4, 0.5) is 10.1 Å². The van der Waals surface area contributed by atoms with E-state index < -0.39 is 11.7 Å². The number of thiazole rings is 1. The molecule has 0 saturated carbocycles. The summed E-state index contributed by atoms with van der Waals surface area (Å²) in [4.78, 5) is 16.8. The minimum atomic E-state index is -0.495. The summed E-state index contributed by atoms with van der Waals surface area (Å²) in [6.45, 7) is 0.387. The fourth-order valence-electron chi connectivity index (χ4n) is 2.77. The number of hydrogen-bond donors (Lipinski definition) is 1. The van der Waals surface area contributed by atoms with Crippen molar-refractivity contribution in [1.82, 2.24) is 4.98 Å². The molecule has 1 amide bonds. The number of para-hydroxylation sites is 1. The molecule has 1 aromatic heterocycles. The molecule has 0 bridgehead atoms. The average Bonchev–Trinajstić information content (AvgIpc) is 3.25. The molecule has 0 atom stereocenters. The molecule has 30 heavy (non-hydrogen) atoms. The van der Waals surface area contributed by atoms with Gasteiger partial charge in [-0.15, -0.1) is 11.3 Å². The van der Waals surface area contributed by atoms with E-state index in [-0.39, 0.29) is 11.4 Å². The van der Waals surface area contributed by atoms with Gasteiger partial charge < -0.3 is 10.1 Å². The SMILES string of the molecule is O=C(Nc1ccccc1F)c1csc(-c2cccc(OCc3cccc(Cl)c3)c2)n1. The Hall–Kier alpha value is -3.22. The van der Waals surface area contributed by atoms with Crippen molar-refractivity contribution in [3.8, 4) is 16.3 Å². The molecule has 4 nitrogen and oxygen atoms in total. The highest BCUT2D eigenvalue weighted by molar-refractivity contribution is 7.13. The van der Waals surface area contributed by atoms with Crippen molar-refractivity contribution in [3.63, 3.8) is 0 Å². The molecule has 4 rings (SSSR count). The zero-order valence-corrected chi connectivity index (χ0v) is 17.2. The lowest BCUT2D eigenvalue weighted by Crippen LogP contribution is -2.13. The van der Waals surface area contributed by atoms with Crippen LogP contribution in [0.2, 0.25) is 5.02 Å². The quantitative estimate of drug-likeness (QED) is 0.377. The van der Waals surface area contributed by atoms with Gasteiger partial charge in [0.1, 0.15) is 28.9 Å². The number of benzene rings is 3. The molecular formula is C23H16ClFN2O2S. The minimum Gasteiger partial charge on any atom is -0.489 e. The van der Waals surface area contributed by atoms with Crippen molar-refractivity contribution in [2.45, 2.75) is 6.61 Å². The highest BCUT2D eigenvalue weighted by Crippen LogP contribution is 2.28. The lowest BCUT2D eigenvalue weighted by atomic mass is 10.2. The van der Waals surface area contributed by atoms with Crippen LogP contribution in [0.1, 0.15) is 16.1 Å². The van der Waals surface area contributed by atoms with Gasteiger partial charge in [0.2, 0.25) is 0 Å². The molecule has 0 aliphatic carbocycles. The van der Waals surface area contributed by atoms with E-state index in [1.807, 2.05) is 48.5 Å². The summed E-state index contributed by atoms with van der Waals surface area (Å²) in [5.41, 5.74) is 2.14. The first-order valence-corrected chi connectivity index (χ1v) is 10.3. The summed E-state index contributed by atoms with van der Waals surface area (Å²) in [6, 6.07) is 21.0. The van der Waals surface area contributed by atoms with E-state index >= 15 is 0 Å². The molecule has 0 aliphatic heterocycles. The van der Waals surface area contributed by atoms with Gasteiger partial charge in [0.15, 0.2) is 0 Å². The number of aromatic nitrogens is 1. The second-order valence-corrected chi connectivity index (χ2v) is 7.71. The molecule has 3 aromatic carbocycles. The first kappa shape index (κ1) is 20.1. The Morgan fingerprint density at radius 2 is 1.90 bits per heavy atom. The number of carbonyl (C=O) groups is 1. The van der Waals surface area contributed by atoms with Crippen molar-refractivity contribution >= 4 is 34.5 Å². The lowest BCUT2D eigenvalue weighted by molar-refractivity contribution is 0.102. The van der Waals surface area contributed by atoms with Crippen molar-refractivity contribution in [3.05, 3.63) is 100 Å². The first-order valence-electron chi connectivity index (χ1n) is 9.07. The van der Waals surface area contributed by atoms with Gasteiger partial charge in [-0.25, -0.2) is 9.37 Å². The third-order valence-corrected chi connectivity index (χ3v) is 5.36. The van der Waals surface area contributed by atoms with Gasteiger partial charge in [0.25, 0.3) is 5.91 Å². The van der Waals surface area contributed by atoms with Gasteiger partial charge in [-0.2, -0.15) is 0 Å². The molecular weight excluding hydrogens is 423 g/mol. The summed E-state index contributed by atoms with van der Waals surface area (Å²) < 4.78 is 19.6. The van der Waals surface area contributed by atoms with Crippen LogP contribution in [-0.2, 0) is 6.61 Å². The number of ether oxygens (including phenoxy) is 1. The molecule has 7 heteroatoms. The van der Waals surface area contributed by atoms with E-state index in [0.717, 1.165) is 11.1 Å². The van der Waals surface area contributed by atoms with E-state index in [9.17, 15) is 9.18 Å². The van der Waals surface area contributed by atoms with E-state index in [0.29, 0.717) is 22.4 Å². The highest BCUT2D eigenvalue weighted by Gasteiger charge is 2.14. The largest absolute Gasteiger partial charge is 0.489 e. The molecule has 0 unspecified atom stereocenters. The Kier molecular flexibility index (Phi) is 6.07. The van der Waals surface area contributed by atoms with Crippen molar-refractivity contribution < 1.29 is 13.9 Å². The Morgan fingerprint density at radius 3 is 2.73 bits per heavy atom. The zero-order valence-electron chi connectivity index (χ0n) is 15.6. The third kappa shape index (κ3) is 4.84. The van der Waals surface area contributed by atoms with E-state index in [1.54, 1.807) is 17.5 Å². The zero-order chi connectivity index (χ0) is 20.9. The molecule has 0 radical (unpaired) electrons. The van der Waals surface area contributed by atoms with E-state index in [4.69, 9.17) is 16.3 Å². The fraction of sp³-hybridized carbons (Fsp3) is 0.0435. The topological polar surface area (TPSA) is 51.2 Å². The maximum absolute atomic E-state index is 13.7. The smallest absolute Gasteiger partial charge is 0.275 e. The monoisotopic (exact) mass is 438 g/mol. The summed E-state index contributed by atoms with van der Waals surface area (Å²) in [5, 5.41) is 5.51. The molecule has 0 fully saturated rings. The van der Waals surface area contributed by atoms with Crippen molar-refractivity contribution in [2.75, 3.05) is 5.32 Å².